The zero-order valence-electron chi connectivity index (χ0n) is 15.1. The van der Waals surface area contributed by atoms with E-state index in [2.05, 4.69) is 26.6 Å². The molecule has 25 heavy (non-hydrogen) atoms. The number of amides is 3. The van der Waals surface area contributed by atoms with Gasteiger partial charge in [-0.1, -0.05) is 15.9 Å². The zero-order valence-corrected chi connectivity index (χ0v) is 16.7. The first-order valence-electron chi connectivity index (χ1n) is 7.79. The number of nitrogens with zero attached hydrogens (tertiary/aromatic N) is 1. The molecular formula is C17H24BrN3O4. The molecule has 8 heteroatoms. The van der Waals surface area contributed by atoms with Gasteiger partial charge < -0.3 is 20.3 Å². The standard InChI is InChI=1S/C17H24BrN3O4/c1-17(2,3)25-16(24)21(5)9-8-14(22)20-13-10-11(18)6-7-12(13)15(23)19-4/h6-7,10H,8-9H2,1-5H3,(H,19,23)(H,20,22). The SMILES string of the molecule is CNC(=O)c1ccc(Br)cc1NC(=O)CCN(C)C(=O)OC(C)(C)C. The molecule has 0 unspecified atom stereocenters. The largest absolute Gasteiger partial charge is 0.444 e. The Morgan fingerprint density at radius 1 is 1.24 bits per heavy atom. The molecule has 0 saturated heterocycles. The van der Waals surface area contributed by atoms with Gasteiger partial charge in [0.15, 0.2) is 0 Å². The van der Waals surface area contributed by atoms with Gasteiger partial charge in [-0.05, 0) is 39.0 Å². The Kier molecular flexibility index (Phi) is 7.41. The van der Waals surface area contributed by atoms with E-state index in [1.165, 1.54) is 11.9 Å². The Labute approximate surface area is 156 Å². The van der Waals surface area contributed by atoms with Gasteiger partial charge in [-0.15, -0.1) is 0 Å². The van der Waals surface area contributed by atoms with Crippen LogP contribution in [0.5, 0.6) is 0 Å². The van der Waals surface area contributed by atoms with Crippen LogP contribution >= 0.6 is 15.9 Å². The van der Waals surface area contributed by atoms with E-state index in [1.54, 1.807) is 46.0 Å². The third-order valence-corrected chi connectivity index (χ3v) is 3.60. The molecule has 3 amide bonds. The number of ether oxygens (including phenoxy) is 1. The Morgan fingerprint density at radius 2 is 1.88 bits per heavy atom. The molecule has 0 spiro atoms. The number of carbonyl (C=O) groups is 3. The molecule has 0 bridgehead atoms. The van der Waals surface area contributed by atoms with Gasteiger partial charge in [-0.3, -0.25) is 9.59 Å². The van der Waals surface area contributed by atoms with Gasteiger partial charge in [0.05, 0.1) is 11.3 Å². The second kappa shape index (κ2) is 8.84. The summed E-state index contributed by atoms with van der Waals surface area (Å²) in [5.41, 5.74) is 0.171. The van der Waals surface area contributed by atoms with Gasteiger partial charge in [-0.25, -0.2) is 4.79 Å². The van der Waals surface area contributed by atoms with Crippen molar-refractivity contribution in [1.82, 2.24) is 10.2 Å². The van der Waals surface area contributed by atoms with Crippen LogP contribution in [0.4, 0.5) is 10.5 Å². The van der Waals surface area contributed by atoms with Crippen molar-refractivity contribution in [2.75, 3.05) is 26.0 Å². The van der Waals surface area contributed by atoms with Gasteiger partial charge in [-0.2, -0.15) is 0 Å². The second-order valence-corrected chi connectivity index (χ2v) is 7.38. The van der Waals surface area contributed by atoms with E-state index in [0.717, 1.165) is 4.47 Å². The van der Waals surface area contributed by atoms with Crippen molar-refractivity contribution in [2.24, 2.45) is 0 Å². The summed E-state index contributed by atoms with van der Waals surface area (Å²) < 4.78 is 5.96. The van der Waals surface area contributed by atoms with Crippen molar-refractivity contribution in [2.45, 2.75) is 32.8 Å². The van der Waals surface area contributed by atoms with Gasteiger partial charge >= 0.3 is 6.09 Å². The smallest absolute Gasteiger partial charge is 0.410 e. The average molecular weight is 414 g/mol. The summed E-state index contributed by atoms with van der Waals surface area (Å²) in [4.78, 5) is 37.2. The molecule has 0 aliphatic heterocycles. The Morgan fingerprint density at radius 3 is 2.44 bits per heavy atom. The average Bonchev–Trinajstić information content (AvgIpc) is 2.50. The van der Waals surface area contributed by atoms with E-state index in [-0.39, 0.29) is 24.8 Å². The fourth-order valence-electron chi connectivity index (χ4n) is 1.87. The van der Waals surface area contributed by atoms with Crippen LogP contribution in [-0.4, -0.2) is 49.0 Å². The van der Waals surface area contributed by atoms with Crippen LogP contribution in [0.2, 0.25) is 0 Å². The third kappa shape index (κ3) is 7.13. The second-order valence-electron chi connectivity index (χ2n) is 6.47. The Balaban J connectivity index is 2.67. The van der Waals surface area contributed by atoms with Gasteiger partial charge in [0.1, 0.15) is 5.60 Å². The fraction of sp³-hybridized carbons (Fsp3) is 0.471. The zero-order chi connectivity index (χ0) is 19.2. The highest BCUT2D eigenvalue weighted by Crippen LogP contribution is 2.21. The van der Waals surface area contributed by atoms with Crippen LogP contribution in [0.25, 0.3) is 0 Å². The molecule has 7 nitrogen and oxygen atoms in total. The summed E-state index contributed by atoms with van der Waals surface area (Å²) in [5.74, 6) is -0.604. The highest BCUT2D eigenvalue weighted by Gasteiger charge is 2.20. The lowest BCUT2D eigenvalue weighted by molar-refractivity contribution is -0.116. The Hall–Kier alpha value is -2.09. The molecule has 0 radical (unpaired) electrons. The first-order valence-corrected chi connectivity index (χ1v) is 8.58. The minimum atomic E-state index is -0.591. The molecule has 138 valence electrons. The molecule has 1 rings (SSSR count). The molecule has 1 aromatic carbocycles. The molecule has 0 heterocycles. The third-order valence-electron chi connectivity index (χ3n) is 3.11. The normalized spacial score (nSPS) is 10.8. The van der Waals surface area contributed by atoms with E-state index in [0.29, 0.717) is 11.3 Å². The maximum Gasteiger partial charge on any atom is 0.410 e. The number of hydrogen-bond donors (Lipinski definition) is 2. The highest BCUT2D eigenvalue weighted by molar-refractivity contribution is 9.10. The molecule has 0 aromatic heterocycles. The molecule has 0 atom stereocenters. The fourth-order valence-corrected chi connectivity index (χ4v) is 2.23. The number of hydrogen-bond acceptors (Lipinski definition) is 4. The van der Waals surface area contributed by atoms with Crippen LogP contribution in [-0.2, 0) is 9.53 Å². The van der Waals surface area contributed by atoms with Crippen molar-refractivity contribution in [3.8, 4) is 0 Å². The van der Waals surface area contributed by atoms with E-state index in [1.807, 2.05) is 0 Å². The molecular weight excluding hydrogens is 390 g/mol. The van der Waals surface area contributed by atoms with E-state index in [9.17, 15) is 14.4 Å². The summed E-state index contributed by atoms with van der Waals surface area (Å²) in [6.07, 6.45) is -0.413. The van der Waals surface area contributed by atoms with E-state index >= 15 is 0 Å². The first kappa shape index (κ1) is 21.0. The van der Waals surface area contributed by atoms with E-state index in [4.69, 9.17) is 4.74 Å². The monoisotopic (exact) mass is 413 g/mol. The number of anilines is 1. The number of halogens is 1. The number of rotatable bonds is 5. The molecule has 0 saturated carbocycles. The van der Waals surface area contributed by atoms with Gasteiger partial charge in [0, 0.05) is 31.5 Å². The van der Waals surface area contributed by atoms with Crippen molar-refractivity contribution >= 4 is 39.5 Å². The van der Waals surface area contributed by atoms with Crippen LogP contribution in [0.1, 0.15) is 37.6 Å². The number of benzene rings is 1. The molecule has 0 aliphatic rings. The lowest BCUT2D eigenvalue weighted by Gasteiger charge is -2.24. The maximum absolute atomic E-state index is 12.2. The van der Waals surface area contributed by atoms with E-state index < -0.39 is 11.7 Å². The van der Waals surface area contributed by atoms with Gasteiger partial charge in [0.2, 0.25) is 5.91 Å². The predicted molar refractivity (Wildman–Crippen MR) is 99.6 cm³/mol. The lowest BCUT2D eigenvalue weighted by Crippen LogP contribution is -2.35. The maximum atomic E-state index is 12.2. The Bertz CT molecular complexity index is 656. The van der Waals surface area contributed by atoms with Crippen LogP contribution in [0, 0.1) is 0 Å². The van der Waals surface area contributed by atoms with Crippen LogP contribution in [0.15, 0.2) is 22.7 Å². The summed E-state index contributed by atoms with van der Waals surface area (Å²) in [5, 5.41) is 5.23. The summed E-state index contributed by atoms with van der Waals surface area (Å²) >= 11 is 3.31. The lowest BCUT2D eigenvalue weighted by atomic mass is 10.1. The topological polar surface area (TPSA) is 87.7 Å². The van der Waals surface area contributed by atoms with Crippen molar-refractivity contribution < 1.29 is 19.1 Å². The highest BCUT2D eigenvalue weighted by atomic mass is 79.9. The molecule has 0 aliphatic carbocycles. The van der Waals surface area contributed by atoms with Crippen LogP contribution < -0.4 is 10.6 Å². The summed E-state index contributed by atoms with van der Waals surface area (Å²) in [6, 6.07) is 4.99. The predicted octanol–water partition coefficient (Wildman–Crippen LogP) is 3.00. The molecule has 2 N–H and O–H groups in total. The molecule has 1 aromatic rings. The summed E-state index contributed by atoms with van der Waals surface area (Å²) in [7, 11) is 3.09. The first-order chi connectivity index (χ1) is 11.5. The minimum Gasteiger partial charge on any atom is -0.444 e. The minimum absolute atomic E-state index is 0.0788. The van der Waals surface area contributed by atoms with Crippen molar-refractivity contribution in [3.63, 3.8) is 0 Å². The van der Waals surface area contributed by atoms with Gasteiger partial charge in [0.25, 0.3) is 5.91 Å². The summed E-state index contributed by atoms with van der Waals surface area (Å²) in [6.45, 7) is 5.53. The quantitative estimate of drug-likeness (QED) is 0.776. The number of carbonyl (C=O) groups excluding carboxylic acids is 3. The number of nitrogens with one attached hydrogen (secondary N) is 2. The molecule has 0 fully saturated rings. The van der Waals surface area contributed by atoms with Crippen molar-refractivity contribution in [1.29, 1.82) is 0 Å². The van der Waals surface area contributed by atoms with Crippen molar-refractivity contribution in [3.05, 3.63) is 28.2 Å². The van der Waals surface area contributed by atoms with Crippen LogP contribution in [0.3, 0.4) is 0 Å².